The van der Waals surface area contributed by atoms with Gasteiger partial charge in [0.05, 0.1) is 24.7 Å². The number of methoxy groups -OCH3 is 1. The Bertz CT molecular complexity index is 310. The highest BCUT2D eigenvalue weighted by Crippen LogP contribution is 2.00. The van der Waals surface area contributed by atoms with Gasteiger partial charge in [-0.3, -0.25) is 9.59 Å². The van der Waals surface area contributed by atoms with Crippen LogP contribution in [0.4, 0.5) is 0 Å². The molecular formula is C8H10N2O3S. The van der Waals surface area contributed by atoms with Crippen LogP contribution in [0.2, 0.25) is 0 Å². The van der Waals surface area contributed by atoms with Crippen molar-refractivity contribution in [2.45, 2.75) is 6.42 Å². The molecule has 0 aromatic carbocycles. The van der Waals surface area contributed by atoms with Gasteiger partial charge < -0.3 is 10.1 Å². The second-order valence-electron chi connectivity index (χ2n) is 2.51. The minimum Gasteiger partial charge on any atom is -0.468 e. The number of hydrogen-bond acceptors (Lipinski definition) is 5. The molecule has 1 aromatic rings. The summed E-state index contributed by atoms with van der Waals surface area (Å²) in [6.07, 6.45) is 0.195. The van der Waals surface area contributed by atoms with Crippen LogP contribution in [0.3, 0.4) is 0 Å². The number of thiazole rings is 1. The van der Waals surface area contributed by atoms with Gasteiger partial charge in [-0.15, -0.1) is 11.3 Å². The van der Waals surface area contributed by atoms with E-state index in [-0.39, 0.29) is 18.9 Å². The molecule has 0 fully saturated rings. The lowest BCUT2D eigenvalue weighted by atomic mass is 10.3. The molecule has 6 heteroatoms. The minimum absolute atomic E-state index is 0.0977. The molecule has 0 spiro atoms. The molecule has 1 N–H and O–H groups in total. The van der Waals surface area contributed by atoms with E-state index in [0.29, 0.717) is 5.69 Å². The third-order valence-electron chi connectivity index (χ3n) is 1.48. The molecule has 5 nitrogen and oxygen atoms in total. The molecule has 0 radical (unpaired) electrons. The van der Waals surface area contributed by atoms with E-state index in [1.54, 1.807) is 10.9 Å². The summed E-state index contributed by atoms with van der Waals surface area (Å²) < 4.78 is 4.37. The zero-order valence-corrected chi connectivity index (χ0v) is 8.47. The molecule has 0 saturated heterocycles. The fourth-order valence-electron chi connectivity index (χ4n) is 0.795. The maximum absolute atomic E-state index is 11.2. The van der Waals surface area contributed by atoms with Crippen molar-refractivity contribution in [3.63, 3.8) is 0 Å². The average molecular weight is 214 g/mol. The van der Waals surface area contributed by atoms with Crippen LogP contribution in [-0.4, -0.2) is 30.5 Å². The molecule has 0 saturated carbocycles. The molecule has 0 aliphatic rings. The van der Waals surface area contributed by atoms with E-state index in [4.69, 9.17) is 0 Å². The van der Waals surface area contributed by atoms with Gasteiger partial charge in [0.2, 0.25) is 5.91 Å². The summed E-state index contributed by atoms with van der Waals surface area (Å²) >= 11 is 1.43. The highest BCUT2D eigenvalue weighted by Gasteiger charge is 2.06. The zero-order chi connectivity index (χ0) is 10.4. The number of carbonyl (C=O) groups is 2. The van der Waals surface area contributed by atoms with E-state index in [1.807, 2.05) is 0 Å². The smallest absolute Gasteiger partial charge is 0.325 e. The number of nitrogens with zero attached hydrogens (tertiary/aromatic N) is 1. The van der Waals surface area contributed by atoms with Crippen LogP contribution in [0.25, 0.3) is 0 Å². The maximum Gasteiger partial charge on any atom is 0.325 e. The van der Waals surface area contributed by atoms with E-state index in [2.05, 4.69) is 15.0 Å². The summed E-state index contributed by atoms with van der Waals surface area (Å²) in [5.74, 6) is -0.696. The third-order valence-corrected chi connectivity index (χ3v) is 2.12. The zero-order valence-electron chi connectivity index (χ0n) is 7.65. The van der Waals surface area contributed by atoms with Crippen molar-refractivity contribution in [3.8, 4) is 0 Å². The highest BCUT2D eigenvalue weighted by molar-refractivity contribution is 7.07. The Kier molecular flexibility index (Phi) is 4.06. The van der Waals surface area contributed by atoms with Gasteiger partial charge in [-0.05, 0) is 0 Å². The normalized spacial score (nSPS) is 9.50. The molecule has 76 valence electrons. The van der Waals surface area contributed by atoms with Crippen LogP contribution < -0.4 is 5.32 Å². The summed E-state index contributed by atoms with van der Waals surface area (Å²) in [5.41, 5.74) is 2.36. The van der Waals surface area contributed by atoms with Gasteiger partial charge in [-0.1, -0.05) is 0 Å². The molecule has 0 bridgehead atoms. The van der Waals surface area contributed by atoms with E-state index in [1.165, 1.54) is 18.4 Å². The topological polar surface area (TPSA) is 68.3 Å². The van der Waals surface area contributed by atoms with Gasteiger partial charge in [0.15, 0.2) is 0 Å². The first-order valence-electron chi connectivity index (χ1n) is 3.93. The van der Waals surface area contributed by atoms with E-state index < -0.39 is 5.97 Å². The predicted molar refractivity (Wildman–Crippen MR) is 50.8 cm³/mol. The minimum atomic E-state index is -0.461. The number of nitrogens with one attached hydrogen (secondary N) is 1. The largest absolute Gasteiger partial charge is 0.468 e. The van der Waals surface area contributed by atoms with Gasteiger partial charge in [0.1, 0.15) is 6.54 Å². The quantitative estimate of drug-likeness (QED) is 0.715. The molecule has 1 aromatic heterocycles. The Morgan fingerprint density at radius 2 is 2.43 bits per heavy atom. The molecule has 1 amide bonds. The van der Waals surface area contributed by atoms with Gasteiger partial charge in [-0.25, -0.2) is 4.98 Å². The van der Waals surface area contributed by atoms with Crippen LogP contribution in [0, 0.1) is 0 Å². The number of aromatic nitrogens is 1. The number of ether oxygens (including phenoxy) is 1. The molecule has 14 heavy (non-hydrogen) atoms. The lowest BCUT2D eigenvalue weighted by Gasteiger charge is -2.01. The van der Waals surface area contributed by atoms with Crippen molar-refractivity contribution < 1.29 is 14.3 Å². The van der Waals surface area contributed by atoms with Gasteiger partial charge in [-0.2, -0.15) is 0 Å². The first kappa shape index (κ1) is 10.6. The molecular weight excluding hydrogens is 204 g/mol. The van der Waals surface area contributed by atoms with Crippen LogP contribution in [-0.2, 0) is 20.7 Å². The van der Waals surface area contributed by atoms with Crippen molar-refractivity contribution in [1.82, 2.24) is 10.3 Å². The predicted octanol–water partition coefficient (Wildman–Crippen LogP) is -0.0252. The molecule has 0 unspecified atom stereocenters. The van der Waals surface area contributed by atoms with Crippen molar-refractivity contribution >= 4 is 23.2 Å². The molecule has 0 aliphatic heterocycles. The Balaban J connectivity index is 2.26. The Morgan fingerprint density at radius 1 is 1.64 bits per heavy atom. The molecule has 0 aliphatic carbocycles. The standard InChI is InChI=1S/C8H10N2O3S/c1-13-8(12)3-9-7(11)2-6-4-14-5-10-6/h4-5H,2-3H2,1H3,(H,9,11). The maximum atomic E-state index is 11.2. The Labute approximate surface area is 85.1 Å². The number of esters is 1. The third kappa shape index (κ3) is 3.53. The summed E-state index contributed by atoms with van der Waals surface area (Å²) in [6, 6.07) is 0. The van der Waals surface area contributed by atoms with Crippen molar-refractivity contribution in [2.75, 3.05) is 13.7 Å². The number of hydrogen-bond donors (Lipinski definition) is 1. The molecule has 1 rings (SSSR count). The van der Waals surface area contributed by atoms with Crippen LogP contribution in [0.1, 0.15) is 5.69 Å². The van der Waals surface area contributed by atoms with Crippen molar-refractivity contribution in [3.05, 3.63) is 16.6 Å². The first-order valence-corrected chi connectivity index (χ1v) is 4.87. The summed E-state index contributed by atoms with van der Waals surface area (Å²) in [7, 11) is 1.27. The van der Waals surface area contributed by atoms with Gasteiger partial charge in [0.25, 0.3) is 0 Å². The Morgan fingerprint density at radius 3 is 3.00 bits per heavy atom. The van der Waals surface area contributed by atoms with E-state index in [9.17, 15) is 9.59 Å². The monoisotopic (exact) mass is 214 g/mol. The van der Waals surface area contributed by atoms with Crippen LogP contribution in [0.15, 0.2) is 10.9 Å². The SMILES string of the molecule is COC(=O)CNC(=O)Cc1cscn1. The fraction of sp³-hybridized carbons (Fsp3) is 0.375. The second-order valence-corrected chi connectivity index (χ2v) is 3.23. The first-order chi connectivity index (χ1) is 6.72. The van der Waals surface area contributed by atoms with Crippen molar-refractivity contribution in [2.24, 2.45) is 0 Å². The second kappa shape index (κ2) is 5.33. The van der Waals surface area contributed by atoms with Crippen molar-refractivity contribution in [1.29, 1.82) is 0 Å². The summed E-state index contributed by atoms with van der Waals surface area (Å²) in [6.45, 7) is -0.0977. The molecule has 0 atom stereocenters. The highest BCUT2D eigenvalue weighted by atomic mass is 32.1. The van der Waals surface area contributed by atoms with Gasteiger partial charge in [0, 0.05) is 5.38 Å². The summed E-state index contributed by atoms with van der Waals surface area (Å²) in [5, 5.41) is 4.21. The molecule has 1 heterocycles. The number of amides is 1. The number of carbonyl (C=O) groups excluding carboxylic acids is 2. The lowest BCUT2D eigenvalue weighted by molar-refractivity contribution is -0.141. The van der Waals surface area contributed by atoms with E-state index in [0.717, 1.165) is 0 Å². The fourth-order valence-corrected chi connectivity index (χ4v) is 1.35. The van der Waals surface area contributed by atoms with Crippen LogP contribution >= 0.6 is 11.3 Å². The number of rotatable bonds is 4. The lowest BCUT2D eigenvalue weighted by Crippen LogP contribution is -2.31. The summed E-state index contributed by atoms with van der Waals surface area (Å²) in [4.78, 5) is 25.8. The van der Waals surface area contributed by atoms with E-state index >= 15 is 0 Å². The Hall–Kier alpha value is -1.43. The average Bonchev–Trinajstić information content (AvgIpc) is 2.66. The van der Waals surface area contributed by atoms with Crippen LogP contribution in [0.5, 0.6) is 0 Å². The van der Waals surface area contributed by atoms with Gasteiger partial charge >= 0.3 is 5.97 Å².